The van der Waals surface area contributed by atoms with Gasteiger partial charge in [0.2, 0.25) is 11.8 Å². The first kappa shape index (κ1) is 27.1. The fourth-order valence-corrected chi connectivity index (χ4v) is 4.92. The zero-order valence-corrected chi connectivity index (χ0v) is 23.2. The van der Waals surface area contributed by atoms with E-state index in [1.165, 1.54) is 0 Å². The maximum Gasteiger partial charge on any atom is 0.222 e. The molecule has 1 saturated heterocycles. The number of amides is 1. The van der Waals surface area contributed by atoms with Gasteiger partial charge in [0.15, 0.2) is 0 Å². The first-order valence-corrected chi connectivity index (χ1v) is 13.5. The number of ether oxygens (including phenoxy) is 3. The van der Waals surface area contributed by atoms with Gasteiger partial charge in [0.1, 0.15) is 23.1 Å². The van der Waals surface area contributed by atoms with Crippen molar-refractivity contribution >= 4 is 11.7 Å². The van der Waals surface area contributed by atoms with E-state index < -0.39 is 0 Å². The first-order valence-electron chi connectivity index (χ1n) is 13.5. The van der Waals surface area contributed by atoms with Gasteiger partial charge in [-0.05, 0) is 67.4 Å². The summed E-state index contributed by atoms with van der Waals surface area (Å²) in [6.45, 7) is 2.86. The Balaban J connectivity index is 1.23. The molecule has 3 heterocycles. The van der Waals surface area contributed by atoms with Crippen LogP contribution in [0.15, 0.2) is 66.7 Å². The van der Waals surface area contributed by atoms with Crippen molar-refractivity contribution in [2.75, 3.05) is 52.4 Å². The number of H-pyrrole nitrogens is 1. The molecule has 0 spiro atoms. The van der Waals surface area contributed by atoms with E-state index in [0.717, 1.165) is 65.2 Å². The minimum absolute atomic E-state index is 0.180. The number of benzene rings is 2. The Morgan fingerprint density at radius 2 is 1.45 bits per heavy atom. The number of aryl methyl sites for hydroxylation is 1. The van der Waals surface area contributed by atoms with Crippen molar-refractivity contribution in [1.29, 1.82) is 0 Å². The van der Waals surface area contributed by atoms with E-state index >= 15 is 0 Å². The maximum atomic E-state index is 13.1. The van der Waals surface area contributed by atoms with Gasteiger partial charge in [-0.25, -0.2) is 4.98 Å². The number of carbonyl (C=O) groups is 1. The van der Waals surface area contributed by atoms with Gasteiger partial charge in [-0.3, -0.25) is 4.79 Å². The summed E-state index contributed by atoms with van der Waals surface area (Å²) in [5.74, 6) is 4.04. The predicted molar refractivity (Wildman–Crippen MR) is 155 cm³/mol. The van der Waals surface area contributed by atoms with Crippen LogP contribution in [0, 0.1) is 0 Å². The Morgan fingerprint density at radius 3 is 2.08 bits per heavy atom. The molecule has 9 heteroatoms. The number of carbonyl (C=O) groups excluding carboxylic acids is 1. The SMILES string of the molecule is COc1ccc(-c2nc(-c3ccc(OC)cc3)c(CCCC(=O)N3CCN(c4cccc(OC)n4)CC3)[nH]2)cc1. The minimum atomic E-state index is 0.180. The number of imidazole rings is 1. The third kappa shape index (κ3) is 6.20. The van der Waals surface area contributed by atoms with Gasteiger partial charge in [0.25, 0.3) is 0 Å². The number of nitrogens with one attached hydrogen (secondary N) is 1. The highest BCUT2D eigenvalue weighted by atomic mass is 16.5. The third-order valence-corrected chi connectivity index (χ3v) is 7.20. The fourth-order valence-electron chi connectivity index (χ4n) is 4.92. The Bertz CT molecular complexity index is 1410. The average molecular weight is 542 g/mol. The van der Waals surface area contributed by atoms with E-state index in [2.05, 4.69) is 14.9 Å². The molecule has 0 saturated carbocycles. The molecule has 0 bridgehead atoms. The van der Waals surface area contributed by atoms with Crippen molar-refractivity contribution < 1.29 is 19.0 Å². The van der Waals surface area contributed by atoms with Crippen LogP contribution in [0.2, 0.25) is 0 Å². The highest BCUT2D eigenvalue weighted by molar-refractivity contribution is 5.76. The monoisotopic (exact) mass is 541 g/mol. The van der Waals surface area contributed by atoms with Gasteiger partial charge < -0.3 is 29.0 Å². The molecule has 0 aliphatic carbocycles. The number of hydrogen-bond acceptors (Lipinski definition) is 7. The molecule has 40 heavy (non-hydrogen) atoms. The van der Waals surface area contributed by atoms with Gasteiger partial charge in [0, 0.05) is 55.5 Å². The molecule has 0 radical (unpaired) electrons. The topological polar surface area (TPSA) is 92.8 Å². The van der Waals surface area contributed by atoms with Gasteiger partial charge in [-0.15, -0.1) is 0 Å². The highest BCUT2D eigenvalue weighted by Gasteiger charge is 2.22. The molecule has 208 valence electrons. The molecule has 1 amide bonds. The summed E-state index contributed by atoms with van der Waals surface area (Å²) in [5.41, 5.74) is 3.87. The van der Waals surface area contributed by atoms with E-state index in [9.17, 15) is 4.79 Å². The van der Waals surface area contributed by atoms with E-state index in [-0.39, 0.29) is 5.91 Å². The predicted octanol–water partition coefficient (Wildman–Crippen LogP) is 4.84. The molecule has 1 N–H and O–H groups in total. The summed E-state index contributed by atoms with van der Waals surface area (Å²) in [4.78, 5) is 30.2. The summed E-state index contributed by atoms with van der Waals surface area (Å²) < 4.78 is 15.9. The lowest BCUT2D eigenvalue weighted by atomic mass is 10.1. The summed E-state index contributed by atoms with van der Waals surface area (Å²) >= 11 is 0. The molecule has 0 atom stereocenters. The van der Waals surface area contributed by atoms with Crippen LogP contribution in [0.25, 0.3) is 22.6 Å². The van der Waals surface area contributed by atoms with Crippen molar-refractivity contribution in [2.24, 2.45) is 0 Å². The van der Waals surface area contributed by atoms with Gasteiger partial charge in [-0.2, -0.15) is 4.98 Å². The van der Waals surface area contributed by atoms with Crippen molar-refractivity contribution in [3.05, 3.63) is 72.4 Å². The molecule has 2 aromatic heterocycles. The normalized spacial score (nSPS) is 13.3. The molecular formula is C31H35N5O4. The largest absolute Gasteiger partial charge is 0.497 e. The van der Waals surface area contributed by atoms with Crippen molar-refractivity contribution in [3.63, 3.8) is 0 Å². The van der Waals surface area contributed by atoms with Crippen molar-refractivity contribution in [3.8, 4) is 40.0 Å². The lowest BCUT2D eigenvalue weighted by Gasteiger charge is -2.35. The molecule has 4 aromatic rings. The third-order valence-electron chi connectivity index (χ3n) is 7.20. The number of aromatic amines is 1. The number of pyridine rings is 1. The number of nitrogens with zero attached hydrogens (tertiary/aromatic N) is 4. The molecule has 1 aliphatic rings. The summed E-state index contributed by atoms with van der Waals surface area (Å²) in [6.07, 6.45) is 1.92. The number of methoxy groups -OCH3 is 3. The molecule has 1 aliphatic heterocycles. The molecule has 0 unspecified atom stereocenters. The van der Waals surface area contributed by atoms with Crippen LogP contribution in [0.5, 0.6) is 17.4 Å². The average Bonchev–Trinajstić information content (AvgIpc) is 3.45. The first-order chi connectivity index (χ1) is 19.6. The van der Waals surface area contributed by atoms with Crippen molar-refractivity contribution in [1.82, 2.24) is 19.9 Å². The number of rotatable bonds is 10. The van der Waals surface area contributed by atoms with E-state index in [1.807, 2.05) is 71.6 Å². The van der Waals surface area contributed by atoms with Crippen LogP contribution in [0.1, 0.15) is 18.5 Å². The van der Waals surface area contributed by atoms with Crippen LogP contribution < -0.4 is 19.1 Å². The highest BCUT2D eigenvalue weighted by Crippen LogP contribution is 2.29. The Kier molecular flexibility index (Phi) is 8.49. The molecular weight excluding hydrogens is 506 g/mol. The van der Waals surface area contributed by atoms with Crippen LogP contribution in [0.3, 0.4) is 0 Å². The van der Waals surface area contributed by atoms with Crippen LogP contribution in [-0.2, 0) is 11.2 Å². The van der Waals surface area contributed by atoms with Crippen LogP contribution in [-0.4, -0.2) is 73.3 Å². The second kappa shape index (κ2) is 12.5. The minimum Gasteiger partial charge on any atom is -0.497 e. The van der Waals surface area contributed by atoms with Crippen LogP contribution >= 0.6 is 0 Å². The second-order valence-corrected chi connectivity index (χ2v) is 9.63. The molecule has 9 nitrogen and oxygen atoms in total. The summed E-state index contributed by atoms with van der Waals surface area (Å²) in [5, 5.41) is 0. The van der Waals surface area contributed by atoms with E-state index in [4.69, 9.17) is 19.2 Å². The quantitative estimate of drug-likeness (QED) is 0.307. The fraction of sp³-hybridized carbons (Fsp3) is 0.323. The van der Waals surface area contributed by atoms with Crippen LogP contribution in [0.4, 0.5) is 5.82 Å². The maximum absolute atomic E-state index is 13.1. The summed E-state index contributed by atoms with van der Waals surface area (Å²) in [6, 6.07) is 21.5. The molecule has 1 fully saturated rings. The number of hydrogen-bond donors (Lipinski definition) is 1. The van der Waals surface area contributed by atoms with E-state index in [0.29, 0.717) is 31.8 Å². The van der Waals surface area contributed by atoms with Gasteiger partial charge >= 0.3 is 0 Å². The smallest absolute Gasteiger partial charge is 0.222 e. The zero-order valence-electron chi connectivity index (χ0n) is 23.2. The van der Waals surface area contributed by atoms with E-state index in [1.54, 1.807) is 21.3 Å². The van der Waals surface area contributed by atoms with Gasteiger partial charge in [0.05, 0.1) is 27.0 Å². The number of aromatic nitrogens is 3. The number of anilines is 1. The zero-order chi connectivity index (χ0) is 27.9. The van der Waals surface area contributed by atoms with Crippen molar-refractivity contribution in [2.45, 2.75) is 19.3 Å². The second-order valence-electron chi connectivity index (χ2n) is 9.63. The van der Waals surface area contributed by atoms with Gasteiger partial charge in [-0.1, -0.05) is 6.07 Å². The standard InChI is InChI=1S/C31H35N5O4/c1-38-24-14-10-22(11-15-24)30-26(32-31(34-30)23-12-16-25(39-2)17-13-23)6-4-9-29(37)36-20-18-35(19-21-36)27-7-5-8-28(33-27)40-3/h5,7-8,10-17H,4,6,9,18-21H2,1-3H3,(H,32,34). The Morgan fingerprint density at radius 1 is 0.800 bits per heavy atom. The number of piperazine rings is 1. The molecule has 5 rings (SSSR count). The lowest BCUT2D eigenvalue weighted by molar-refractivity contribution is -0.131. The summed E-state index contributed by atoms with van der Waals surface area (Å²) in [7, 11) is 4.93. The lowest BCUT2D eigenvalue weighted by Crippen LogP contribution is -2.49. The Labute approximate surface area is 234 Å². The molecule has 2 aromatic carbocycles. The Hall–Kier alpha value is -4.53.